The molecule has 0 saturated heterocycles. The quantitative estimate of drug-likeness (QED) is 0.324. The van der Waals surface area contributed by atoms with Gasteiger partial charge in [-0.05, 0) is 51.5 Å². The second-order valence-electron chi connectivity index (χ2n) is 10.5. The number of aliphatic hydroxyl groups is 1. The molecule has 0 aromatic carbocycles. The van der Waals surface area contributed by atoms with E-state index in [1.807, 2.05) is 13.8 Å². The third-order valence-electron chi connectivity index (χ3n) is 6.51. The number of hydrogen-bond donors (Lipinski definition) is 5. The molecular formula is C26H37F2N7O6. The third-order valence-corrected chi connectivity index (χ3v) is 6.51. The first-order valence-corrected chi connectivity index (χ1v) is 13.5. The second kappa shape index (κ2) is 14.1. The minimum atomic E-state index is -2.80. The van der Waals surface area contributed by atoms with E-state index >= 15 is 0 Å². The number of aromatic nitrogens is 3. The lowest BCUT2D eigenvalue weighted by atomic mass is 10.0. The second-order valence-corrected chi connectivity index (χ2v) is 10.5. The number of halogens is 2. The fourth-order valence-electron chi connectivity index (χ4n) is 4.38. The van der Waals surface area contributed by atoms with Crippen LogP contribution in [-0.4, -0.2) is 68.2 Å². The van der Waals surface area contributed by atoms with Crippen LogP contribution in [0.15, 0.2) is 16.7 Å². The maximum atomic E-state index is 13.3. The summed E-state index contributed by atoms with van der Waals surface area (Å²) in [5.74, 6) is -2.37. The third kappa shape index (κ3) is 8.80. The highest BCUT2D eigenvalue weighted by molar-refractivity contribution is 5.93. The molecule has 0 spiro atoms. The van der Waals surface area contributed by atoms with Gasteiger partial charge in [0.1, 0.15) is 36.6 Å². The van der Waals surface area contributed by atoms with E-state index in [-0.39, 0.29) is 30.5 Å². The van der Waals surface area contributed by atoms with E-state index in [2.05, 4.69) is 31.3 Å². The molecule has 1 aliphatic heterocycles. The molecule has 4 amide bonds. The van der Waals surface area contributed by atoms with Gasteiger partial charge >= 0.3 is 0 Å². The van der Waals surface area contributed by atoms with Gasteiger partial charge in [0.2, 0.25) is 23.6 Å². The van der Waals surface area contributed by atoms with Gasteiger partial charge in [0.05, 0.1) is 6.10 Å². The molecule has 3 rings (SSSR count). The Bertz CT molecular complexity index is 1230. The van der Waals surface area contributed by atoms with Crippen molar-refractivity contribution in [3.63, 3.8) is 0 Å². The Hall–Kier alpha value is -3.88. The van der Waals surface area contributed by atoms with Crippen molar-refractivity contribution in [1.29, 1.82) is 0 Å². The van der Waals surface area contributed by atoms with Gasteiger partial charge in [-0.25, -0.2) is 13.8 Å². The van der Waals surface area contributed by atoms with E-state index in [1.165, 1.54) is 26.2 Å². The molecule has 15 heteroatoms. The van der Waals surface area contributed by atoms with Gasteiger partial charge in [0.25, 0.3) is 12.3 Å². The van der Waals surface area contributed by atoms with E-state index in [1.54, 1.807) is 0 Å². The maximum absolute atomic E-state index is 13.3. The van der Waals surface area contributed by atoms with Gasteiger partial charge in [0.15, 0.2) is 5.69 Å². The highest BCUT2D eigenvalue weighted by Crippen LogP contribution is 2.22. The number of aliphatic hydroxyl groups excluding tert-OH is 1. The molecule has 2 bridgehead atoms. The zero-order valence-electron chi connectivity index (χ0n) is 23.4. The summed E-state index contributed by atoms with van der Waals surface area (Å²) in [4.78, 5) is 56.1. The number of oxazole rings is 1. The van der Waals surface area contributed by atoms with E-state index in [9.17, 15) is 33.1 Å². The molecule has 2 aromatic rings. The smallest absolute Gasteiger partial charge is 0.282 e. The van der Waals surface area contributed by atoms with Crippen molar-refractivity contribution < 1.29 is 37.5 Å². The lowest BCUT2D eigenvalue weighted by molar-refractivity contribution is -0.134. The molecule has 0 unspecified atom stereocenters. The van der Waals surface area contributed by atoms with Crippen LogP contribution >= 0.6 is 0 Å². The molecule has 13 nitrogen and oxygen atoms in total. The topological polar surface area (TPSA) is 180 Å². The van der Waals surface area contributed by atoms with E-state index in [0.29, 0.717) is 25.0 Å². The first-order chi connectivity index (χ1) is 19.3. The molecular weight excluding hydrogens is 544 g/mol. The van der Waals surface area contributed by atoms with Gasteiger partial charge in [-0.1, -0.05) is 13.8 Å². The zero-order chi connectivity index (χ0) is 30.3. The van der Waals surface area contributed by atoms with Crippen molar-refractivity contribution in [2.45, 2.75) is 90.6 Å². The fraction of sp³-hybridized carbons (Fsp3) is 0.615. The maximum Gasteiger partial charge on any atom is 0.282 e. The van der Waals surface area contributed by atoms with Crippen LogP contribution < -0.4 is 21.3 Å². The van der Waals surface area contributed by atoms with Crippen molar-refractivity contribution in [1.82, 2.24) is 36.0 Å². The molecule has 0 fully saturated rings. The summed E-state index contributed by atoms with van der Waals surface area (Å²) < 4.78 is 32.6. The van der Waals surface area contributed by atoms with E-state index in [4.69, 9.17) is 4.42 Å². The number of carbonyl (C=O) groups excluding carboxylic acids is 4. The van der Waals surface area contributed by atoms with Gasteiger partial charge in [-0.2, -0.15) is 5.10 Å². The number of hydrogen-bond acceptors (Lipinski definition) is 8. The van der Waals surface area contributed by atoms with Crippen molar-refractivity contribution >= 4 is 23.6 Å². The molecule has 5 N–H and O–H groups in total. The summed E-state index contributed by atoms with van der Waals surface area (Å²) >= 11 is 0. The molecule has 1 aliphatic rings. The molecule has 0 radical (unpaired) electrons. The SMILES string of the molecule is Cc1cc(C(F)F)nn1CC(=O)N[C@H]1CCCCNC(=O)c2coc(n2)[C@H](CC(C)C)NC(=O)[C@H]([C@@H](C)O)NC1=O. The first kappa shape index (κ1) is 31.6. The minimum absolute atomic E-state index is 0.0459. The Kier molecular flexibility index (Phi) is 10.9. The first-order valence-electron chi connectivity index (χ1n) is 13.5. The average molecular weight is 582 g/mol. The van der Waals surface area contributed by atoms with Crippen LogP contribution in [0.2, 0.25) is 0 Å². The van der Waals surface area contributed by atoms with Crippen LogP contribution in [0.3, 0.4) is 0 Å². The van der Waals surface area contributed by atoms with Crippen LogP contribution in [0.5, 0.6) is 0 Å². The summed E-state index contributed by atoms with van der Waals surface area (Å²) in [5, 5.41) is 24.7. The highest BCUT2D eigenvalue weighted by atomic mass is 19.3. The van der Waals surface area contributed by atoms with Gasteiger partial charge < -0.3 is 30.8 Å². The Morgan fingerprint density at radius 3 is 2.56 bits per heavy atom. The summed E-state index contributed by atoms with van der Waals surface area (Å²) in [6, 6.07) is -2.09. The number of carbonyl (C=O) groups is 4. The molecule has 226 valence electrons. The van der Waals surface area contributed by atoms with Crippen LogP contribution in [-0.2, 0) is 20.9 Å². The molecule has 41 heavy (non-hydrogen) atoms. The van der Waals surface area contributed by atoms with Crippen LogP contribution in [0.1, 0.15) is 86.7 Å². The summed E-state index contributed by atoms with van der Waals surface area (Å²) in [6.07, 6.45) is -1.54. The molecule has 0 saturated carbocycles. The number of rotatable bonds is 7. The van der Waals surface area contributed by atoms with Crippen LogP contribution in [0.25, 0.3) is 0 Å². The van der Waals surface area contributed by atoms with Crippen molar-refractivity contribution in [2.24, 2.45) is 5.92 Å². The fourth-order valence-corrected chi connectivity index (χ4v) is 4.38. The van der Waals surface area contributed by atoms with Crippen LogP contribution in [0.4, 0.5) is 8.78 Å². The van der Waals surface area contributed by atoms with Gasteiger partial charge in [-0.15, -0.1) is 0 Å². The molecule has 2 aromatic heterocycles. The lowest BCUT2D eigenvalue weighted by Gasteiger charge is -2.27. The zero-order valence-corrected chi connectivity index (χ0v) is 23.4. The normalized spacial score (nSPS) is 21.8. The Labute approximate surface area is 235 Å². The largest absolute Gasteiger partial charge is 0.446 e. The monoisotopic (exact) mass is 581 g/mol. The summed E-state index contributed by atoms with van der Waals surface area (Å²) in [7, 11) is 0. The predicted molar refractivity (Wildman–Crippen MR) is 140 cm³/mol. The Balaban J connectivity index is 1.82. The average Bonchev–Trinajstić information content (AvgIpc) is 3.52. The number of amides is 4. The number of fused-ring (bicyclic) bond motifs is 2. The number of aryl methyl sites for hydroxylation is 1. The van der Waals surface area contributed by atoms with Crippen molar-refractivity contribution in [3.05, 3.63) is 35.3 Å². The number of nitrogens with one attached hydrogen (secondary N) is 4. The van der Waals surface area contributed by atoms with Crippen LogP contribution in [0, 0.1) is 12.8 Å². The number of nitrogens with zero attached hydrogens (tertiary/aromatic N) is 3. The lowest BCUT2D eigenvalue weighted by Crippen LogP contribution is -2.57. The van der Waals surface area contributed by atoms with Gasteiger partial charge in [0, 0.05) is 12.2 Å². The number of alkyl halides is 2. The molecule has 4 atom stereocenters. The standard InChI is InChI=1S/C26H37F2N7O6/c1-13(2)9-18-26-32-19(12-41-26)23(38)29-8-6-5-7-16(24(39)33-21(15(4)36)25(40)31-18)30-20(37)11-35-14(3)10-17(34-35)22(27)28/h10,12-13,15-16,18,21-22,36H,5-9,11H2,1-4H3,(H,29,38)(H,30,37)(H,31,40)(H,33,39)/t15-,16+,18+,21+/m1/s1. The van der Waals surface area contributed by atoms with E-state index < -0.39 is 66.5 Å². The summed E-state index contributed by atoms with van der Waals surface area (Å²) in [5.41, 5.74) is -0.0838. The highest BCUT2D eigenvalue weighted by Gasteiger charge is 2.33. The van der Waals surface area contributed by atoms with E-state index in [0.717, 1.165) is 4.68 Å². The minimum Gasteiger partial charge on any atom is -0.446 e. The van der Waals surface area contributed by atoms with Crippen molar-refractivity contribution in [2.75, 3.05) is 6.54 Å². The van der Waals surface area contributed by atoms with Crippen molar-refractivity contribution in [3.8, 4) is 0 Å². The Morgan fingerprint density at radius 1 is 1.20 bits per heavy atom. The molecule has 0 aliphatic carbocycles. The molecule has 3 heterocycles. The summed E-state index contributed by atoms with van der Waals surface area (Å²) in [6.45, 7) is 6.55. The predicted octanol–water partition coefficient (Wildman–Crippen LogP) is 1.28. The van der Waals surface area contributed by atoms with Gasteiger partial charge in [-0.3, -0.25) is 23.9 Å². The Morgan fingerprint density at radius 2 is 1.93 bits per heavy atom.